The summed E-state index contributed by atoms with van der Waals surface area (Å²) in [5, 5.41) is 8.95. The quantitative estimate of drug-likeness (QED) is 0.772. The molecule has 1 heterocycles. The number of anilines is 1. The van der Waals surface area contributed by atoms with Crippen LogP contribution in [-0.4, -0.2) is 60.3 Å². The van der Waals surface area contributed by atoms with Crippen molar-refractivity contribution in [3.63, 3.8) is 0 Å². The highest BCUT2D eigenvalue weighted by Crippen LogP contribution is 2.13. The van der Waals surface area contributed by atoms with Crippen molar-refractivity contribution in [2.45, 2.75) is 19.4 Å². The second-order valence-corrected chi connectivity index (χ2v) is 5.40. The van der Waals surface area contributed by atoms with Gasteiger partial charge < -0.3 is 10.8 Å². The number of hydrogen-bond donors (Lipinski definition) is 2. The molecule has 1 atom stereocenters. The number of β-amino-alcohol motifs (C(OH)–C–C–N with tert-alkyl or cyclic N) is 1. The highest BCUT2D eigenvalue weighted by molar-refractivity contribution is 5.40. The Balaban J connectivity index is 1.82. The molecule has 0 spiro atoms. The van der Waals surface area contributed by atoms with E-state index in [1.165, 1.54) is 5.56 Å². The lowest BCUT2D eigenvalue weighted by molar-refractivity contribution is 0.0888. The monoisotopic (exact) mass is 263 g/mol. The average molecular weight is 263 g/mol. The van der Waals surface area contributed by atoms with E-state index in [2.05, 4.69) is 28.9 Å². The predicted octanol–water partition coefficient (Wildman–Crippen LogP) is 0.810. The number of nitrogens with two attached hydrogens (primary N) is 1. The van der Waals surface area contributed by atoms with Gasteiger partial charge in [0, 0.05) is 44.5 Å². The summed E-state index contributed by atoms with van der Waals surface area (Å²) in [6.45, 7) is 7.64. The molecule has 1 aromatic rings. The van der Waals surface area contributed by atoms with Crippen LogP contribution in [0.25, 0.3) is 0 Å². The van der Waals surface area contributed by atoms with Crippen molar-refractivity contribution in [3.8, 4) is 0 Å². The summed E-state index contributed by atoms with van der Waals surface area (Å²) < 4.78 is 0. The van der Waals surface area contributed by atoms with E-state index in [0.29, 0.717) is 6.04 Å². The van der Waals surface area contributed by atoms with Gasteiger partial charge >= 0.3 is 0 Å². The molecular weight excluding hydrogens is 238 g/mol. The molecule has 1 aromatic carbocycles. The van der Waals surface area contributed by atoms with Crippen molar-refractivity contribution < 1.29 is 5.11 Å². The van der Waals surface area contributed by atoms with Crippen molar-refractivity contribution in [1.82, 2.24) is 9.80 Å². The van der Waals surface area contributed by atoms with Crippen molar-refractivity contribution >= 4 is 5.69 Å². The second kappa shape index (κ2) is 6.89. The number of rotatable bonds is 5. The summed E-state index contributed by atoms with van der Waals surface area (Å²) in [5.74, 6) is 0. The number of aliphatic hydroxyl groups is 1. The normalized spacial score (nSPS) is 19.5. The standard InChI is InChI=1S/C15H25N3O/c1-13(11-14-3-2-4-15(16)12-14)18-7-5-17(6-8-18)9-10-19/h2-4,12-13,19H,5-11,16H2,1H3. The lowest BCUT2D eigenvalue weighted by atomic mass is 10.0. The van der Waals surface area contributed by atoms with E-state index in [1.807, 2.05) is 12.1 Å². The Labute approximate surface area is 115 Å². The number of aliphatic hydroxyl groups excluding tert-OH is 1. The van der Waals surface area contributed by atoms with Crippen LogP contribution in [0.15, 0.2) is 24.3 Å². The fourth-order valence-electron chi connectivity index (χ4n) is 2.76. The Morgan fingerprint density at radius 3 is 2.63 bits per heavy atom. The highest BCUT2D eigenvalue weighted by Gasteiger charge is 2.20. The van der Waals surface area contributed by atoms with Gasteiger partial charge in [-0.1, -0.05) is 12.1 Å². The second-order valence-electron chi connectivity index (χ2n) is 5.40. The van der Waals surface area contributed by atoms with Gasteiger partial charge in [0.25, 0.3) is 0 Å². The van der Waals surface area contributed by atoms with Crippen LogP contribution in [0.2, 0.25) is 0 Å². The van der Waals surface area contributed by atoms with Gasteiger partial charge in [0.2, 0.25) is 0 Å². The number of hydrogen-bond acceptors (Lipinski definition) is 4. The molecule has 0 aromatic heterocycles. The molecule has 1 unspecified atom stereocenters. The topological polar surface area (TPSA) is 52.7 Å². The first-order valence-corrected chi connectivity index (χ1v) is 7.10. The van der Waals surface area contributed by atoms with Crippen molar-refractivity contribution in [3.05, 3.63) is 29.8 Å². The van der Waals surface area contributed by atoms with E-state index in [-0.39, 0.29) is 6.61 Å². The van der Waals surface area contributed by atoms with Crippen LogP contribution in [0.5, 0.6) is 0 Å². The maximum absolute atomic E-state index is 8.95. The summed E-state index contributed by atoms with van der Waals surface area (Å²) in [6.07, 6.45) is 1.05. The molecule has 1 aliphatic heterocycles. The van der Waals surface area contributed by atoms with Gasteiger partial charge in [-0.25, -0.2) is 0 Å². The van der Waals surface area contributed by atoms with Crippen LogP contribution in [0.4, 0.5) is 5.69 Å². The number of piperazine rings is 1. The van der Waals surface area contributed by atoms with E-state index < -0.39 is 0 Å². The predicted molar refractivity (Wildman–Crippen MR) is 79.1 cm³/mol. The molecule has 0 radical (unpaired) electrons. The van der Waals surface area contributed by atoms with Crippen molar-refractivity contribution in [2.75, 3.05) is 45.1 Å². The minimum Gasteiger partial charge on any atom is -0.399 e. The summed E-state index contributed by atoms with van der Waals surface area (Å²) in [6, 6.07) is 8.71. The van der Waals surface area contributed by atoms with Crippen LogP contribution >= 0.6 is 0 Å². The summed E-state index contributed by atoms with van der Waals surface area (Å²) >= 11 is 0. The van der Waals surface area contributed by atoms with Gasteiger partial charge in [-0.2, -0.15) is 0 Å². The van der Waals surface area contributed by atoms with Crippen LogP contribution in [0.3, 0.4) is 0 Å². The lowest BCUT2D eigenvalue weighted by Gasteiger charge is -2.38. The van der Waals surface area contributed by atoms with Gasteiger partial charge in [-0.15, -0.1) is 0 Å². The Hall–Kier alpha value is -1.10. The minimum atomic E-state index is 0.263. The van der Waals surface area contributed by atoms with Crippen molar-refractivity contribution in [2.24, 2.45) is 0 Å². The van der Waals surface area contributed by atoms with Gasteiger partial charge in [-0.05, 0) is 31.0 Å². The molecule has 2 rings (SSSR count). The molecular formula is C15H25N3O. The van der Waals surface area contributed by atoms with Gasteiger partial charge in [-0.3, -0.25) is 9.80 Å². The molecule has 1 aliphatic rings. The molecule has 0 aliphatic carbocycles. The third kappa shape index (κ3) is 4.20. The number of nitrogens with zero attached hydrogens (tertiary/aromatic N) is 2. The van der Waals surface area contributed by atoms with E-state index >= 15 is 0 Å². The smallest absolute Gasteiger partial charge is 0.0558 e. The molecule has 4 nitrogen and oxygen atoms in total. The Morgan fingerprint density at radius 2 is 2.00 bits per heavy atom. The fraction of sp³-hybridized carbons (Fsp3) is 0.600. The van der Waals surface area contributed by atoms with Gasteiger partial charge in [0.05, 0.1) is 6.61 Å². The first-order chi connectivity index (χ1) is 9.19. The van der Waals surface area contributed by atoms with Gasteiger partial charge in [0.1, 0.15) is 0 Å². The number of nitrogen functional groups attached to an aromatic ring is 1. The molecule has 0 bridgehead atoms. The third-order valence-electron chi connectivity index (χ3n) is 3.93. The summed E-state index contributed by atoms with van der Waals surface area (Å²) in [4.78, 5) is 4.85. The van der Waals surface area contributed by atoms with E-state index in [1.54, 1.807) is 0 Å². The average Bonchev–Trinajstić information content (AvgIpc) is 2.40. The Bertz CT molecular complexity index is 389. The molecule has 0 amide bonds. The largest absolute Gasteiger partial charge is 0.399 e. The Morgan fingerprint density at radius 1 is 1.26 bits per heavy atom. The van der Waals surface area contributed by atoms with Crippen LogP contribution in [0.1, 0.15) is 12.5 Å². The van der Waals surface area contributed by atoms with Crippen LogP contribution in [0, 0.1) is 0 Å². The maximum atomic E-state index is 8.95. The molecule has 106 valence electrons. The molecule has 1 saturated heterocycles. The first kappa shape index (κ1) is 14.3. The van der Waals surface area contributed by atoms with Crippen LogP contribution in [-0.2, 0) is 6.42 Å². The first-order valence-electron chi connectivity index (χ1n) is 7.10. The van der Waals surface area contributed by atoms with Gasteiger partial charge in [0.15, 0.2) is 0 Å². The van der Waals surface area contributed by atoms with Crippen molar-refractivity contribution in [1.29, 1.82) is 0 Å². The zero-order valence-corrected chi connectivity index (χ0v) is 11.8. The zero-order valence-electron chi connectivity index (χ0n) is 11.8. The lowest BCUT2D eigenvalue weighted by Crippen LogP contribution is -2.50. The maximum Gasteiger partial charge on any atom is 0.0558 e. The molecule has 3 N–H and O–H groups in total. The molecule has 1 fully saturated rings. The SMILES string of the molecule is CC(Cc1cccc(N)c1)N1CCN(CCO)CC1. The van der Waals surface area contributed by atoms with E-state index in [0.717, 1.165) is 44.8 Å². The molecule has 19 heavy (non-hydrogen) atoms. The fourth-order valence-corrected chi connectivity index (χ4v) is 2.76. The van der Waals surface area contributed by atoms with E-state index in [4.69, 9.17) is 10.8 Å². The Kier molecular flexibility index (Phi) is 5.19. The van der Waals surface area contributed by atoms with E-state index in [9.17, 15) is 0 Å². The molecule has 4 heteroatoms. The number of benzene rings is 1. The summed E-state index contributed by atoms with van der Waals surface area (Å²) in [7, 11) is 0. The highest BCUT2D eigenvalue weighted by atomic mass is 16.3. The van der Waals surface area contributed by atoms with Crippen LogP contribution < -0.4 is 5.73 Å². The molecule has 0 saturated carbocycles. The minimum absolute atomic E-state index is 0.263. The zero-order chi connectivity index (χ0) is 13.7. The third-order valence-corrected chi connectivity index (χ3v) is 3.93. The summed E-state index contributed by atoms with van der Waals surface area (Å²) in [5.41, 5.74) is 7.98.